The molecule has 0 saturated heterocycles. The molecular weight excluding hydrogens is 254 g/mol. The Bertz CT molecular complexity index is 433. The van der Waals surface area contributed by atoms with E-state index in [1.54, 1.807) is 11.1 Å². The summed E-state index contributed by atoms with van der Waals surface area (Å²) in [6.45, 7) is 8.79. The van der Waals surface area contributed by atoms with Crippen LogP contribution in [0.5, 0.6) is 5.88 Å². The molecule has 0 spiro atoms. The molecule has 1 heterocycles. The highest BCUT2D eigenvalue weighted by atomic mass is 16.5. The van der Waals surface area contributed by atoms with Crippen LogP contribution in [0.15, 0.2) is 18.3 Å². The Labute approximate surface area is 121 Å². The van der Waals surface area contributed by atoms with Crippen molar-refractivity contribution in [3.63, 3.8) is 0 Å². The van der Waals surface area contributed by atoms with Gasteiger partial charge in [0.25, 0.3) is 0 Å². The third-order valence-corrected chi connectivity index (χ3v) is 2.96. The van der Waals surface area contributed by atoms with Gasteiger partial charge in [0.1, 0.15) is 0 Å². The van der Waals surface area contributed by atoms with Crippen LogP contribution in [-0.4, -0.2) is 41.5 Å². The van der Waals surface area contributed by atoms with Crippen LogP contribution in [0.25, 0.3) is 0 Å². The Morgan fingerprint density at radius 2 is 2.10 bits per heavy atom. The number of nitrogens with zero attached hydrogens (tertiary/aromatic N) is 2. The molecule has 0 fully saturated rings. The molecule has 0 radical (unpaired) electrons. The van der Waals surface area contributed by atoms with Gasteiger partial charge in [-0.05, 0) is 33.8 Å². The van der Waals surface area contributed by atoms with Gasteiger partial charge >= 0.3 is 0 Å². The molecule has 0 aliphatic heterocycles. The fourth-order valence-corrected chi connectivity index (χ4v) is 1.60. The van der Waals surface area contributed by atoms with Crippen molar-refractivity contribution in [1.29, 1.82) is 0 Å². The lowest BCUT2D eigenvalue weighted by atomic mass is 10.2. The Morgan fingerprint density at radius 3 is 2.70 bits per heavy atom. The minimum atomic E-state index is 0.0789. The Hall–Kier alpha value is -1.62. The van der Waals surface area contributed by atoms with E-state index < -0.39 is 0 Å². The molecular formula is C15H25N3O2. The van der Waals surface area contributed by atoms with Gasteiger partial charge in [-0.15, -0.1) is 0 Å². The predicted octanol–water partition coefficient (Wildman–Crippen LogP) is 1.83. The van der Waals surface area contributed by atoms with E-state index in [9.17, 15) is 4.79 Å². The topological polar surface area (TPSA) is 54.5 Å². The van der Waals surface area contributed by atoms with Crippen molar-refractivity contribution in [3.8, 4) is 5.88 Å². The highest BCUT2D eigenvalue weighted by Crippen LogP contribution is 2.15. The molecule has 0 aliphatic rings. The van der Waals surface area contributed by atoms with Crippen LogP contribution < -0.4 is 10.1 Å². The summed E-state index contributed by atoms with van der Waals surface area (Å²) in [5, 5.41) is 3.14. The SMILES string of the molecule is CC(C)Oc1ncccc1CNCC(=O)N(C)C(C)C. The fourth-order valence-electron chi connectivity index (χ4n) is 1.60. The number of rotatable bonds is 7. The highest BCUT2D eigenvalue weighted by molar-refractivity contribution is 5.78. The summed E-state index contributed by atoms with van der Waals surface area (Å²) >= 11 is 0. The molecule has 112 valence electrons. The van der Waals surface area contributed by atoms with Crippen molar-refractivity contribution < 1.29 is 9.53 Å². The summed E-state index contributed by atoms with van der Waals surface area (Å²) in [6, 6.07) is 4.03. The van der Waals surface area contributed by atoms with Gasteiger partial charge < -0.3 is 15.0 Å². The lowest BCUT2D eigenvalue weighted by Gasteiger charge is -2.21. The molecule has 1 aromatic rings. The van der Waals surface area contributed by atoms with Gasteiger partial charge in [0.2, 0.25) is 11.8 Å². The number of carbonyl (C=O) groups is 1. The van der Waals surface area contributed by atoms with Crippen LogP contribution in [0, 0.1) is 0 Å². The summed E-state index contributed by atoms with van der Waals surface area (Å²) in [7, 11) is 1.81. The fraction of sp³-hybridized carbons (Fsp3) is 0.600. The van der Waals surface area contributed by atoms with Gasteiger partial charge in [-0.1, -0.05) is 6.07 Å². The van der Waals surface area contributed by atoms with Crippen molar-refractivity contribution >= 4 is 5.91 Å². The standard InChI is InChI=1S/C15H25N3O2/c1-11(2)18(5)14(19)10-16-9-13-7-6-8-17-15(13)20-12(3)4/h6-8,11-12,16H,9-10H2,1-5H3. The predicted molar refractivity (Wildman–Crippen MR) is 79.6 cm³/mol. The first-order valence-corrected chi connectivity index (χ1v) is 6.98. The second-order valence-electron chi connectivity index (χ2n) is 5.34. The molecule has 1 N–H and O–H groups in total. The zero-order chi connectivity index (χ0) is 15.1. The van der Waals surface area contributed by atoms with E-state index in [-0.39, 0.29) is 18.1 Å². The summed E-state index contributed by atoms with van der Waals surface area (Å²) < 4.78 is 5.64. The number of nitrogens with one attached hydrogen (secondary N) is 1. The molecule has 0 aromatic carbocycles. The van der Waals surface area contributed by atoms with Crippen molar-refractivity contribution in [1.82, 2.24) is 15.2 Å². The number of likely N-dealkylation sites (N-methyl/N-ethyl adjacent to an activating group) is 1. The molecule has 0 unspecified atom stereocenters. The van der Waals surface area contributed by atoms with Gasteiger partial charge in [0.15, 0.2) is 0 Å². The average Bonchev–Trinajstić information content (AvgIpc) is 2.38. The van der Waals surface area contributed by atoms with E-state index in [2.05, 4.69) is 10.3 Å². The Morgan fingerprint density at radius 1 is 1.40 bits per heavy atom. The molecule has 20 heavy (non-hydrogen) atoms. The zero-order valence-electron chi connectivity index (χ0n) is 13.0. The van der Waals surface area contributed by atoms with Crippen LogP contribution in [0.4, 0.5) is 0 Å². The maximum absolute atomic E-state index is 11.9. The average molecular weight is 279 g/mol. The van der Waals surface area contributed by atoms with Gasteiger partial charge in [0.05, 0.1) is 12.6 Å². The van der Waals surface area contributed by atoms with E-state index in [0.717, 1.165) is 5.56 Å². The summed E-state index contributed by atoms with van der Waals surface area (Å²) in [4.78, 5) is 17.8. The van der Waals surface area contributed by atoms with E-state index >= 15 is 0 Å². The molecule has 0 bridgehead atoms. The number of aromatic nitrogens is 1. The quantitative estimate of drug-likeness (QED) is 0.827. The number of carbonyl (C=O) groups excluding carboxylic acids is 1. The van der Waals surface area contributed by atoms with Crippen LogP contribution in [0.1, 0.15) is 33.3 Å². The van der Waals surface area contributed by atoms with Gasteiger partial charge in [0, 0.05) is 31.4 Å². The minimum Gasteiger partial charge on any atom is -0.475 e. The number of hydrogen-bond donors (Lipinski definition) is 1. The molecule has 1 rings (SSSR count). The number of amides is 1. The second-order valence-corrected chi connectivity index (χ2v) is 5.34. The summed E-state index contributed by atoms with van der Waals surface area (Å²) in [5.74, 6) is 0.704. The molecule has 0 atom stereocenters. The second kappa shape index (κ2) is 7.85. The van der Waals surface area contributed by atoms with Gasteiger partial charge in [-0.25, -0.2) is 4.98 Å². The molecule has 1 amide bonds. The van der Waals surface area contributed by atoms with E-state index in [4.69, 9.17) is 4.74 Å². The number of ether oxygens (including phenoxy) is 1. The highest BCUT2D eigenvalue weighted by Gasteiger charge is 2.12. The number of pyridine rings is 1. The van der Waals surface area contributed by atoms with Crippen LogP contribution >= 0.6 is 0 Å². The van der Waals surface area contributed by atoms with Crippen LogP contribution in [0.3, 0.4) is 0 Å². The third kappa shape index (κ3) is 5.17. The van der Waals surface area contributed by atoms with Gasteiger partial charge in [-0.3, -0.25) is 4.79 Å². The summed E-state index contributed by atoms with van der Waals surface area (Å²) in [6.07, 6.45) is 1.79. The molecule has 0 saturated carbocycles. The van der Waals surface area contributed by atoms with Crippen molar-refractivity contribution in [2.24, 2.45) is 0 Å². The first kappa shape index (κ1) is 16.4. The molecule has 5 nitrogen and oxygen atoms in total. The van der Waals surface area contributed by atoms with Crippen LogP contribution in [-0.2, 0) is 11.3 Å². The third-order valence-electron chi connectivity index (χ3n) is 2.96. The molecule has 1 aromatic heterocycles. The van der Waals surface area contributed by atoms with E-state index in [0.29, 0.717) is 19.0 Å². The number of hydrogen-bond acceptors (Lipinski definition) is 4. The normalized spacial score (nSPS) is 10.9. The van der Waals surface area contributed by atoms with Crippen molar-refractivity contribution in [3.05, 3.63) is 23.9 Å². The lowest BCUT2D eigenvalue weighted by molar-refractivity contribution is -0.130. The first-order valence-electron chi connectivity index (χ1n) is 6.98. The van der Waals surface area contributed by atoms with Crippen molar-refractivity contribution in [2.75, 3.05) is 13.6 Å². The molecule has 5 heteroatoms. The minimum absolute atomic E-state index is 0.0789. The first-order chi connectivity index (χ1) is 9.41. The van der Waals surface area contributed by atoms with Crippen molar-refractivity contribution in [2.45, 2.75) is 46.4 Å². The summed E-state index contributed by atoms with van der Waals surface area (Å²) in [5.41, 5.74) is 0.959. The smallest absolute Gasteiger partial charge is 0.236 e. The Balaban J connectivity index is 2.52. The Kier molecular flexibility index (Phi) is 6.45. The monoisotopic (exact) mass is 279 g/mol. The maximum Gasteiger partial charge on any atom is 0.236 e. The molecule has 0 aliphatic carbocycles. The largest absolute Gasteiger partial charge is 0.475 e. The lowest BCUT2D eigenvalue weighted by Crippen LogP contribution is -2.39. The van der Waals surface area contributed by atoms with Crippen LogP contribution in [0.2, 0.25) is 0 Å². The maximum atomic E-state index is 11.9. The zero-order valence-corrected chi connectivity index (χ0v) is 13.0. The van der Waals surface area contributed by atoms with Gasteiger partial charge in [-0.2, -0.15) is 0 Å². The van der Waals surface area contributed by atoms with E-state index in [1.807, 2.05) is 46.9 Å². The van der Waals surface area contributed by atoms with E-state index in [1.165, 1.54) is 0 Å².